The minimum absolute atomic E-state index is 0.0429. The smallest absolute Gasteiger partial charge is 0.0600 e. The van der Waals surface area contributed by atoms with E-state index in [1.807, 2.05) is 0 Å². The van der Waals surface area contributed by atoms with Crippen LogP contribution in [0.2, 0.25) is 0 Å². The molecule has 0 radical (unpaired) electrons. The molecule has 2 N–H and O–H groups in total. The van der Waals surface area contributed by atoms with Crippen molar-refractivity contribution in [3.05, 3.63) is 0 Å². The summed E-state index contributed by atoms with van der Waals surface area (Å²) in [6.45, 7) is 12.3. The van der Waals surface area contributed by atoms with Gasteiger partial charge in [-0.1, -0.05) is 32.6 Å². The largest absolute Gasteiger partial charge is 0.375 e. The lowest BCUT2D eigenvalue weighted by Crippen LogP contribution is -2.54. The third kappa shape index (κ3) is 5.41. The lowest BCUT2D eigenvalue weighted by atomic mass is 9.88. The summed E-state index contributed by atoms with van der Waals surface area (Å²) in [6, 6.07) is 0. The van der Waals surface area contributed by atoms with E-state index in [2.05, 4.69) is 32.6 Å². The van der Waals surface area contributed by atoms with Crippen LogP contribution in [0.1, 0.15) is 66.2 Å². The molecule has 0 saturated heterocycles. The first-order valence-electron chi connectivity index (χ1n) is 8.02. The van der Waals surface area contributed by atoms with Crippen LogP contribution in [0.3, 0.4) is 0 Å². The fraction of sp³-hybridized carbons (Fsp3) is 1.00. The molecule has 0 aromatic rings. The third-order valence-electron chi connectivity index (χ3n) is 4.36. The van der Waals surface area contributed by atoms with Crippen LogP contribution < -0.4 is 5.73 Å². The highest BCUT2D eigenvalue weighted by molar-refractivity contribution is 4.92. The zero-order valence-electron chi connectivity index (χ0n) is 13.5. The molecule has 1 fully saturated rings. The van der Waals surface area contributed by atoms with Crippen LogP contribution in [0.4, 0.5) is 0 Å². The molecule has 0 spiro atoms. The Morgan fingerprint density at radius 3 is 2.11 bits per heavy atom. The number of nitrogens with two attached hydrogens (primary N) is 1. The second-order valence-corrected chi connectivity index (χ2v) is 6.88. The molecule has 0 bridgehead atoms. The van der Waals surface area contributed by atoms with E-state index < -0.39 is 0 Å². The lowest BCUT2D eigenvalue weighted by molar-refractivity contribution is -0.0298. The van der Waals surface area contributed by atoms with Crippen LogP contribution >= 0.6 is 0 Å². The van der Waals surface area contributed by atoms with Crippen molar-refractivity contribution in [2.45, 2.75) is 77.4 Å². The molecule has 1 rings (SSSR count). The normalized spacial score (nSPS) is 20.5. The van der Waals surface area contributed by atoms with Gasteiger partial charge in [0.15, 0.2) is 0 Å². The molecule has 1 aliphatic carbocycles. The number of rotatable bonds is 6. The number of likely N-dealkylation sites (N-methyl/N-ethyl adjacent to an activating group) is 1. The molecule has 19 heavy (non-hydrogen) atoms. The van der Waals surface area contributed by atoms with Gasteiger partial charge in [0, 0.05) is 18.6 Å². The van der Waals surface area contributed by atoms with Gasteiger partial charge in [0.05, 0.1) is 12.2 Å². The van der Waals surface area contributed by atoms with Gasteiger partial charge in [-0.15, -0.1) is 0 Å². The summed E-state index contributed by atoms with van der Waals surface area (Å²) in [5.74, 6) is 0. The summed E-state index contributed by atoms with van der Waals surface area (Å²) in [4.78, 5) is 2.57. The maximum Gasteiger partial charge on any atom is 0.0600 e. The Hall–Kier alpha value is -0.120. The average Bonchev–Trinajstić information content (AvgIpc) is 2.59. The lowest BCUT2D eigenvalue weighted by Gasteiger charge is -2.43. The maximum atomic E-state index is 6.16. The first kappa shape index (κ1) is 16.9. The predicted octanol–water partition coefficient (Wildman–Crippen LogP) is 3.18. The zero-order valence-corrected chi connectivity index (χ0v) is 13.5. The van der Waals surface area contributed by atoms with Crippen LogP contribution in [-0.4, -0.2) is 42.3 Å². The van der Waals surface area contributed by atoms with E-state index in [0.29, 0.717) is 0 Å². The molecule has 0 aromatic heterocycles. The van der Waals surface area contributed by atoms with Crippen molar-refractivity contribution in [3.8, 4) is 0 Å². The Labute approximate surface area is 119 Å². The number of hydrogen-bond acceptors (Lipinski definition) is 3. The molecular formula is C16H34N2O. The van der Waals surface area contributed by atoms with Crippen LogP contribution in [-0.2, 0) is 4.74 Å². The molecule has 0 heterocycles. The molecule has 114 valence electrons. The first-order chi connectivity index (χ1) is 8.93. The van der Waals surface area contributed by atoms with Gasteiger partial charge in [0.2, 0.25) is 0 Å². The quantitative estimate of drug-likeness (QED) is 0.753. The Balaban J connectivity index is 2.58. The Morgan fingerprint density at radius 2 is 1.68 bits per heavy atom. The van der Waals surface area contributed by atoms with Gasteiger partial charge in [-0.2, -0.15) is 0 Å². The van der Waals surface area contributed by atoms with Gasteiger partial charge in [0.1, 0.15) is 0 Å². The minimum atomic E-state index is -0.0429. The van der Waals surface area contributed by atoms with Gasteiger partial charge >= 0.3 is 0 Å². The van der Waals surface area contributed by atoms with Gasteiger partial charge in [-0.3, -0.25) is 4.90 Å². The van der Waals surface area contributed by atoms with Crippen molar-refractivity contribution in [2.24, 2.45) is 5.73 Å². The van der Waals surface area contributed by atoms with E-state index >= 15 is 0 Å². The summed E-state index contributed by atoms with van der Waals surface area (Å²) in [7, 11) is 0. The van der Waals surface area contributed by atoms with Crippen molar-refractivity contribution in [3.63, 3.8) is 0 Å². The predicted molar refractivity (Wildman–Crippen MR) is 82.4 cm³/mol. The van der Waals surface area contributed by atoms with Gasteiger partial charge in [-0.05, 0) is 40.2 Å². The van der Waals surface area contributed by atoms with Crippen molar-refractivity contribution in [1.29, 1.82) is 0 Å². The number of nitrogens with zero attached hydrogens (tertiary/aromatic N) is 1. The molecule has 0 aliphatic heterocycles. The number of ether oxygens (including phenoxy) is 1. The third-order valence-corrected chi connectivity index (χ3v) is 4.36. The van der Waals surface area contributed by atoms with Crippen LogP contribution in [0.5, 0.6) is 0 Å². The highest BCUT2D eigenvalue weighted by Crippen LogP contribution is 2.31. The average molecular weight is 270 g/mol. The van der Waals surface area contributed by atoms with Crippen molar-refractivity contribution in [1.82, 2.24) is 4.90 Å². The van der Waals surface area contributed by atoms with E-state index in [9.17, 15) is 0 Å². The summed E-state index contributed by atoms with van der Waals surface area (Å²) in [5.41, 5.74) is 6.34. The fourth-order valence-corrected chi connectivity index (χ4v) is 3.23. The molecule has 3 nitrogen and oxygen atoms in total. The summed E-state index contributed by atoms with van der Waals surface area (Å²) in [5, 5.41) is 0. The van der Waals surface area contributed by atoms with Crippen LogP contribution in [0.25, 0.3) is 0 Å². The summed E-state index contributed by atoms with van der Waals surface area (Å²) in [6.07, 6.45) is 7.91. The van der Waals surface area contributed by atoms with Crippen molar-refractivity contribution < 1.29 is 4.74 Å². The molecular weight excluding hydrogens is 236 g/mol. The molecule has 1 saturated carbocycles. The molecule has 0 atom stereocenters. The molecule has 0 amide bonds. The van der Waals surface area contributed by atoms with Gasteiger partial charge in [0.25, 0.3) is 0 Å². The zero-order chi connectivity index (χ0) is 14.4. The van der Waals surface area contributed by atoms with E-state index in [0.717, 1.165) is 26.2 Å². The monoisotopic (exact) mass is 270 g/mol. The van der Waals surface area contributed by atoms with E-state index in [4.69, 9.17) is 10.5 Å². The molecule has 3 heteroatoms. The van der Waals surface area contributed by atoms with Gasteiger partial charge < -0.3 is 10.5 Å². The molecule has 1 aliphatic rings. The SMILES string of the molecule is CCN(CCOC(C)(C)C)C1(CN)CCCCCC1. The summed E-state index contributed by atoms with van der Waals surface area (Å²) < 4.78 is 5.89. The minimum Gasteiger partial charge on any atom is -0.375 e. The second-order valence-electron chi connectivity index (χ2n) is 6.88. The Morgan fingerprint density at radius 1 is 1.11 bits per heavy atom. The fourth-order valence-electron chi connectivity index (χ4n) is 3.23. The van der Waals surface area contributed by atoms with Gasteiger partial charge in [-0.25, -0.2) is 0 Å². The standard InChI is InChI=1S/C16H34N2O/c1-5-18(12-13-19-15(2,3)4)16(14-17)10-8-6-7-9-11-16/h5-14,17H2,1-4H3. The first-order valence-corrected chi connectivity index (χ1v) is 8.02. The maximum absolute atomic E-state index is 6.16. The molecule has 0 unspecified atom stereocenters. The highest BCUT2D eigenvalue weighted by Gasteiger charge is 2.34. The second kappa shape index (κ2) is 7.61. The highest BCUT2D eigenvalue weighted by atomic mass is 16.5. The number of hydrogen-bond donors (Lipinski definition) is 1. The Kier molecular flexibility index (Phi) is 6.78. The van der Waals surface area contributed by atoms with Crippen molar-refractivity contribution >= 4 is 0 Å². The Bertz CT molecular complexity index is 240. The summed E-state index contributed by atoms with van der Waals surface area (Å²) >= 11 is 0. The van der Waals surface area contributed by atoms with E-state index in [1.165, 1.54) is 38.5 Å². The van der Waals surface area contributed by atoms with Crippen LogP contribution in [0.15, 0.2) is 0 Å². The van der Waals surface area contributed by atoms with Crippen molar-refractivity contribution in [2.75, 3.05) is 26.2 Å². The van der Waals surface area contributed by atoms with E-state index in [1.54, 1.807) is 0 Å². The molecule has 0 aromatic carbocycles. The topological polar surface area (TPSA) is 38.5 Å². The van der Waals surface area contributed by atoms with Crippen LogP contribution in [0, 0.1) is 0 Å². The van der Waals surface area contributed by atoms with E-state index in [-0.39, 0.29) is 11.1 Å².